The molecule has 0 saturated heterocycles. The number of nitrogens with zero attached hydrogens (tertiary/aromatic N) is 1. The minimum atomic E-state index is -4.47. The third-order valence-corrected chi connectivity index (χ3v) is 3.66. The summed E-state index contributed by atoms with van der Waals surface area (Å²) in [6, 6.07) is 11.3. The smallest absolute Gasteiger partial charge is 0.318 e. The van der Waals surface area contributed by atoms with Crippen LogP contribution in [0.3, 0.4) is 0 Å². The van der Waals surface area contributed by atoms with E-state index in [0.29, 0.717) is 5.92 Å². The fourth-order valence-electron chi connectivity index (χ4n) is 2.11. The number of halogens is 3. The number of anilines is 1. The molecule has 2 amide bonds. The molecule has 2 N–H and O–H groups in total. The maximum atomic E-state index is 12.5. The number of amides is 2. The van der Waals surface area contributed by atoms with E-state index in [1.807, 2.05) is 24.3 Å². The quantitative estimate of drug-likeness (QED) is 0.482. The fraction of sp³-hybridized carbons (Fsp3) is 0.211. The van der Waals surface area contributed by atoms with Crippen LogP contribution < -0.4 is 10.7 Å². The molecule has 0 aliphatic carbocycles. The SMILES string of the molecule is CC(C)c1ccc(/C=N/NC(=O)C(=O)Nc2ccc(C(F)(F)F)cc2)cc1. The molecule has 0 aliphatic rings. The van der Waals surface area contributed by atoms with Gasteiger partial charge in [0.15, 0.2) is 0 Å². The molecule has 0 atom stereocenters. The zero-order valence-electron chi connectivity index (χ0n) is 14.7. The molecule has 8 heteroatoms. The fourth-order valence-corrected chi connectivity index (χ4v) is 2.11. The van der Waals surface area contributed by atoms with Crippen LogP contribution in [0, 0.1) is 0 Å². The predicted octanol–water partition coefficient (Wildman–Crippen LogP) is 3.92. The normalized spacial score (nSPS) is 11.6. The molecule has 0 aliphatic heterocycles. The van der Waals surface area contributed by atoms with Crippen molar-refractivity contribution < 1.29 is 22.8 Å². The second-order valence-corrected chi connectivity index (χ2v) is 6.05. The van der Waals surface area contributed by atoms with E-state index in [1.165, 1.54) is 6.21 Å². The van der Waals surface area contributed by atoms with E-state index >= 15 is 0 Å². The maximum absolute atomic E-state index is 12.5. The molecule has 142 valence electrons. The summed E-state index contributed by atoms with van der Waals surface area (Å²) in [5, 5.41) is 5.89. The number of alkyl halides is 3. The molecule has 2 aromatic rings. The van der Waals surface area contributed by atoms with Crippen LogP contribution in [-0.4, -0.2) is 18.0 Å². The first kappa shape index (κ1) is 20.2. The van der Waals surface area contributed by atoms with E-state index in [-0.39, 0.29) is 5.69 Å². The Balaban J connectivity index is 1.89. The van der Waals surface area contributed by atoms with E-state index in [2.05, 4.69) is 29.7 Å². The van der Waals surface area contributed by atoms with Gasteiger partial charge < -0.3 is 5.32 Å². The minimum Gasteiger partial charge on any atom is -0.318 e. The van der Waals surface area contributed by atoms with Crippen LogP contribution in [0.1, 0.15) is 36.5 Å². The topological polar surface area (TPSA) is 70.6 Å². The van der Waals surface area contributed by atoms with Crippen LogP contribution in [-0.2, 0) is 15.8 Å². The summed E-state index contributed by atoms with van der Waals surface area (Å²) in [6.45, 7) is 4.14. The van der Waals surface area contributed by atoms with Gasteiger partial charge in [0, 0.05) is 5.69 Å². The van der Waals surface area contributed by atoms with E-state index in [0.717, 1.165) is 35.4 Å². The van der Waals surface area contributed by atoms with E-state index in [1.54, 1.807) is 0 Å². The number of nitrogens with one attached hydrogen (secondary N) is 2. The van der Waals surface area contributed by atoms with Crippen molar-refractivity contribution in [2.75, 3.05) is 5.32 Å². The second-order valence-electron chi connectivity index (χ2n) is 6.05. The van der Waals surface area contributed by atoms with Crippen molar-refractivity contribution in [2.45, 2.75) is 25.9 Å². The molecule has 0 spiro atoms. The van der Waals surface area contributed by atoms with E-state index in [4.69, 9.17) is 0 Å². The van der Waals surface area contributed by atoms with Gasteiger partial charge >= 0.3 is 18.0 Å². The van der Waals surface area contributed by atoms with Crippen LogP contribution in [0.15, 0.2) is 53.6 Å². The molecule has 2 rings (SSSR count). The number of hydrogen-bond donors (Lipinski definition) is 2. The molecule has 0 unspecified atom stereocenters. The largest absolute Gasteiger partial charge is 0.416 e. The summed E-state index contributed by atoms with van der Waals surface area (Å²) in [5.41, 5.74) is 3.18. The lowest BCUT2D eigenvalue weighted by atomic mass is 10.0. The summed E-state index contributed by atoms with van der Waals surface area (Å²) in [4.78, 5) is 23.4. The molecular weight excluding hydrogens is 359 g/mol. The zero-order valence-corrected chi connectivity index (χ0v) is 14.7. The molecule has 27 heavy (non-hydrogen) atoms. The summed E-state index contributed by atoms with van der Waals surface area (Å²) in [6.07, 6.45) is -3.09. The first-order chi connectivity index (χ1) is 12.7. The lowest BCUT2D eigenvalue weighted by molar-refractivity contribution is -0.137. The summed E-state index contributed by atoms with van der Waals surface area (Å²) < 4.78 is 37.5. The van der Waals surface area contributed by atoms with Gasteiger partial charge in [-0.3, -0.25) is 9.59 Å². The van der Waals surface area contributed by atoms with Crippen molar-refractivity contribution in [3.63, 3.8) is 0 Å². The van der Waals surface area contributed by atoms with E-state index < -0.39 is 23.6 Å². The van der Waals surface area contributed by atoms with Crippen molar-refractivity contribution in [3.8, 4) is 0 Å². The number of rotatable bonds is 4. The average molecular weight is 377 g/mol. The summed E-state index contributed by atoms with van der Waals surface area (Å²) >= 11 is 0. The van der Waals surface area contributed by atoms with Crippen LogP contribution in [0.2, 0.25) is 0 Å². The summed E-state index contributed by atoms with van der Waals surface area (Å²) in [7, 11) is 0. The predicted molar refractivity (Wildman–Crippen MR) is 96.3 cm³/mol. The highest BCUT2D eigenvalue weighted by Gasteiger charge is 2.30. The molecule has 0 radical (unpaired) electrons. The highest BCUT2D eigenvalue weighted by atomic mass is 19.4. The first-order valence-electron chi connectivity index (χ1n) is 8.08. The Morgan fingerprint density at radius 2 is 1.56 bits per heavy atom. The van der Waals surface area contributed by atoms with Crippen LogP contribution >= 0.6 is 0 Å². The maximum Gasteiger partial charge on any atom is 0.416 e. The molecule has 0 bridgehead atoms. The van der Waals surface area contributed by atoms with Gasteiger partial charge in [0.25, 0.3) is 0 Å². The molecular formula is C19H18F3N3O2. The molecule has 0 saturated carbocycles. The van der Waals surface area contributed by atoms with Gasteiger partial charge in [-0.1, -0.05) is 38.1 Å². The average Bonchev–Trinajstić information content (AvgIpc) is 2.61. The Bertz CT molecular complexity index is 827. The molecule has 0 heterocycles. The number of carbonyl (C=O) groups is 2. The minimum absolute atomic E-state index is 0.0661. The third-order valence-electron chi connectivity index (χ3n) is 3.66. The van der Waals surface area contributed by atoms with Crippen molar-refractivity contribution in [2.24, 2.45) is 5.10 Å². The van der Waals surface area contributed by atoms with Gasteiger partial charge in [0.1, 0.15) is 0 Å². The lowest BCUT2D eigenvalue weighted by Crippen LogP contribution is -2.32. The van der Waals surface area contributed by atoms with Crippen LogP contribution in [0.5, 0.6) is 0 Å². The number of carbonyl (C=O) groups excluding carboxylic acids is 2. The molecule has 0 fully saturated rings. The third kappa shape index (κ3) is 5.95. The second kappa shape index (κ2) is 8.48. The Morgan fingerprint density at radius 3 is 2.07 bits per heavy atom. The molecule has 0 aromatic heterocycles. The Morgan fingerprint density at radius 1 is 0.963 bits per heavy atom. The van der Waals surface area contributed by atoms with Gasteiger partial charge in [0.05, 0.1) is 11.8 Å². The van der Waals surface area contributed by atoms with Gasteiger partial charge in [-0.15, -0.1) is 0 Å². The Kier molecular flexibility index (Phi) is 6.33. The van der Waals surface area contributed by atoms with Crippen molar-refractivity contribution in [3.05, 3.63) is 65.2 Å². The molecule has 5 nitrogen and oxygen atoms in total. The first-order valence-corrected chi connectivity index (χ1v) is 8.08. The van der Waals surface area contributed by atoms with Gasteiger partial charge in [-0.25, -0.2) is 5.43 Å². The van der Waals surface area contributed by atoms with Crippen LogP contribution in [0.4, 0.5) is 18.9 Å². The standard InChI is InChI=1S/C19H18F3N3O2/c1-12(2)14-5-3-13(4-6-14)11-23-25-18(27)17(26)24-16-9-7-15(8-10-16)19(20,21)22/h3-12H,1-2H3,(H,24,26)(H,25,27)/b23-11+. The number of hydrogen-bond acceptors (Lipinski definition) is 3. The summed E-state index contributed by atoms with van der Waals surface area (Å²) in [5.74, 6) is -1.68. The Labute approximate surface area is 154 Å². The number of benzene rings is 2. The van der Waals surface area contributed by atoms with Crippen molar-refractivity contribution >= 4 is 23.7 Å². The van der Waals surface area contributed by atoms with Gasteiger partial charge in [-0.05, 0) is 41.3 Å². The van der Waals surface area contributed by atoms with Gasteiger partial charge in [0.2, 0.25) is 0 Å². The van der Waals surface area contributed by atoms with Gasteiger partial charge in [-0.2, -0.15) is 18.3 Å². The highest BCUT2D eigenvalue weighted by Crippen LogP contribution is 2.29. The lowest BCUT2D eigenvalue weighted by Gasteiger charge is -2.08. The van der Waals surface area contributed by atoms with Crippen molar-refractivity contribution in [1.82, 2.24) is 5.43 Å². The monoisotopic (exact) mass is 377 g/mol. The Hall–Kier alpha value is -3.16. The highest BCUT2D eigenvalue weighted by molar-refractivity contribution is 6.39. The number of hydrazone groups is 1. The molecule has 2 aromatic carbocycles. The van der Waals surface area contributed by atoms with E-state index in [9.17, 15) is 22.8 Å². The zero-order chi connectivity index (χ0) is 20.0. The van der Waals surface area contributed by atoms with Crippen LogP contribution in [0.25, 0.3) is 0 Å². The van der Waals surface area contributed by atoms with Crippen molar-refractivity contribution in [1.29, 1.82) is 0 Å².